The van der Waals surface area contributed by atoms with Crippen LogP contribution < -0.4 is 5.32 Å². The van der Waals surface area contributed by atoms with Gasteiger partial charge in [0.2, 0.25) is 0 Å². The minimum atomic E-state index is -0.570. The normalized spacial score (nSPS) is 23.2. The molecule has 2 unspecified atom stereocenters. The van der Waals surface area contributed by atoms with Gasteiger partial charge in [0.15, 0.2) is 0 Å². The number of aryl methyl sites for hydroxylation is 1. The first-order valence-electron chi connectivity index (χ1n) is 5.31. The van der Waals surface area contributed by atoms with E-state index in [1.54, 1.807) is 0 Å². The summed E-state index contributed by atoms with van der Waals surface area (Å²) >= 11 is 0. The van der Waals surface area contributed by atoms with Crippen molar-refractivity contribution >= 4 is 0 Å². The van der Waals surface area contributed by atoms with Crippen LogP contribution in [-0.4, -0.2) is 30.9 Å². The Morgan fingerprint density at radius 3 is 3.07 bits per heavy atom. The van der Waals surface area contributed by atoms with E-state index < -0.39 is 6.10 Å². The predicted octanol–water partition coefficient (Wildman–Crippen LogP) is 1.000. The van der Waals surface area contributed by atoms with E-state index in [1.807, 2.05) is 19.1 Å². The van der Waals surface area contributed by atoms with E-state index in [1.165, 1.54) is 0 Å². The van der Waals surface area contributed by atoms with Gasteiger partial charge in [-0.05, 0) is 25.5 Å². The predicted molar refractivity (Wildman–Crippen MR) is 55.6 cm³/mol. The van der Waals surface area contributed by atoms with Crippen molar-refractivity contribution in [2.75, 3.05) is 19.8 Å². The van der Waals surface area contributed by atoms with Crippen molar-refractivity contribution in [3.63, 3.8) is 0 Å². The SMILES string of the molecule is Cc1ccc(C(O)CNC2CCOC2)o1. The van der Waals surface area contributed by atoms with E-state index in [-0.39, 0.29) is 0 Å². The highest BCUT2D eigenvalue weighted by Gasteiger charge is 2.18. The third-order valence-electron chi connectivity index (χ3n) is 2.62. The van der Waals surface area contributed by atoms with Crippen molar-refractivity contribution in [1.82, 2.24) is 5.32 Å². The summed E-state index contributed by atoms with van der Waals surface area (Å²) in [6, 6.07) is 4.04. The van der Waals surface area contributed by atoms with Gasteiger partial charge in [-0.1, -0.05) is 0 Å². The minimum absolute atomic E-state index is 0.371. The lowest BCUT2D eigenvalue weighted by Crippen LogP contribution is -2.32. The number of hydrogen-bond acceptors (Lipinski definition) is 4. The number of aliphatic hydroxyl groups excluding tert-OH is 1. The van der Waals surface area contributed by atoms with Gasteiger partial charge in [-0.15, -0.1) is 0 Å². The Kier molecular flexibility index (Phi) is 3.41. The molecule has 1 aliphatic heterocycles. The molecule has 2 heterocycles. The number of rotatable bonds is 4. The zero-order chi connectivity index (χ0) is 10.7. The molecule has 4 nitrogen and oxygen atoms in total. The first-order chi connectivity index (χ1) is 7.25. The minimum Gasteiger partial charge on any atom is -0.464 e. The van der Waals surface area contributed by atoms with E-state index >= 15 is 0 Å². The molecule has 0 saturated carbocycles. The standard InChI is InChI=1S/C11H17NO3/c1-8-2-3-11(15-8)10(13)6-12-9-4-5-14-7-9/h2-3,9-10,12-13H,4-7H2,1H3. The van der Waals surface area contributed by atoms with Crippen LogP contribution in [-0.2, 0) is 4.74 Å². The summed E-state index contributed by atoms with van der Waals surface area (Å²) < 4.78 is 10.6. The lowest BCUT2D eigenvalue weighted by atomic mass is 10.2. The Morgan fingerprint density at radius 1 is 1.60 bits per heavy atom. The fourth-order valence-electron chi connectivity index (χ4n) is 1.71. The van der Waals surface area contributed by atoms with E-state index in [0.717, 1.165) is 25.4 Å². The number of ether oxygens (including phenoxy) is 1. The molecule has 1 aliphatic rings. The second-order valence-corrected chi connectivity index (χ2v) is 3.93. The summed E-state index contributed by atoms with van der Waals surface area (Å²) in [6.45, 7) is 3.94. The summed E-state index contributed by atoms with van der Waals surface area (Å²) in [5.41, 5.74) is 0. The van der Waals surface area contributed by atoms with Crippen LogP contribution in [0, 0.1) is 6.92 Å². The maximum Gasteiger partial charge on any atom is 0.133 e. The van der Waals surface area contributed by atoms with E-state index in [2.05, 4.69) is 5.32 Å². The Morgan fingerprint density at radius 2 is 2.47 bits per heavy atom. The quantitative estimate of drug-likeness (QED) is 0.780. The van der Waals surface area contributed by atoms with Crippen LogP contribution in [0.2, 0.25) is 0 Å². The molecule has 0 aromatic carbocycles. The molecule has 0 aliphatic carbocycles. The molecular formula is C11H17NO3. The fraction of sp³-hybridized carbons (Fsp3) is 0.636. The van der Waals surface area contributed by atoms with Crippen LogP contribution in [0.1, 0.15) is 24.0 Å². The fourth-order valence-corrected chi connectivity index (χ4v) is 1.71. The van der Waals surface area contributed by atoms with Gasteiger partial charge in [0.05, 0.1) is 6.61 Å². The lowest BCUT2D eigenvalue weighted by Gasteiger charge is -2.13. The molecule has 2 N–H and O–H groups in total. The molecule has 4 heteroatoms. The summed E-state index contributed by atoms with van der Waals surface area (Å²) in [5.74, 6) is 1.45. The topological polar surface area (TPSA) is 54.6 Å². The van der Waals surface area contributed by atoms with Gasteiger partial charge in [0.25, 0.3) is 0 Å². The van der Waals surface area contributed by atoms with Crippen LogP contribution in [0.5, 0.6) is 0 Å². The second kappa shape index (κ2) is 4.79. The van der Waals surface area contributed by atoms with E-state index in [4.69, 9.17) is 9.15 Å². The summed E-state index contributed by atoms with van der Waals surface area (Å²) in [7, 11) is 0. The van der Waals surface area contributed by atoms with Crippen LogP contribution in [0.25, 0.3) is 0 Å². The van der Waals surface area contributed by atoms with E-state index in [9.17, 15) is 5.11 Å². The molecule has 0 bridgehead atoms. The van der Waals surface area contributed by atoms with Gasteiger partial charge >= 0.3 is 0 Å². The summed E-state index contributed by atoms with van der Waals surface area (Å²) in [6.07, 6.45) is 0.448. The molecule has 15 heavy (non-hydrogen) atoms. The molecule has 0 amide bonds. The third kappa shape index (κ3) is 2.81. The summed E-state index contributed by atoms with van der Waals surface area (Å²) in [5, 5.41) is 13.1. The lowest BCUT2D eigenvalue weighted by molar-refractivity contribution is 0.138. The summed E-state index contributed by atoms with van der Waals surface area (Å²) in [4.78, 5) is 0. The maximum absolute atomic E-state index is 9.80. The molecular weight excluding hydrogens is 194 g/mol. The zero-order valence-electron chi connectivity index (χ0n) is 8.90. The van der Waals surface area contributed by atoms with Crippen molar-refractivity contribution in [2.45, 2.75) is 25.5 Å². The Hall–Kier alpha value is -0.840. The van der Waals surface area contributed by atoms with Crippen LogP contribution in [0.3, 0.4) is 0 Å². The molecule has 2 atom stereocenters. The van der Waals surface area contributed by atoms with Crippen molar-refractivity contribution in [2.24, 2.45) is 0 Å². The molecule has 1 saturated heterocycles. The van der Waals surface area contributed by atoms with Crippen LogP contribution in [0.15, 0.2) is 16.5 Å². The van der Waals surface area contributed by atoms with E-state index in [0.29, 0.717) is 18.3 Å². The molecule has 2 rings (SSSR count). The van der Waals surface area contributed by atoms with Crippen molar-refractivity contribution < 1.29 is 14.3 Å². The highest BCUT2D eigenvalue weighted by Crippen LogP contribution is 2.15. The van der Waals surface area contributed by atoms with Crippen molar-refractivity contribution in [3.05, 3.63) is 23.7 Å². The first kappa shape index (κ1) is 10.7. The highest BCUT2D eigenvalue weighted by atomic mass is 16.5. The van der Waals surface area contributed by atoms with Gasteiger partial charge in [0.1, 0.15) is 17.6 Å². The van der Waals surface area contributed by atoms with Gasteiger partial charge in [0, 0.05) is 19.2 Å². The number of hydrogen-bond donors (Lipinski definition) is 2. The average Bonchev–Trinajstić information content (AvgIpc) is 2.84. The van der Waals surface area contributed by atoms with Crippen LogP contribution in [0.4, 0.5) is 0 Å². The van der Waals surface area contributed by atoms with Gasteiger partial charge in [-0.3, -0.25) is 0 Å². The average molecular weight is 211 g/mol. The largest absolute Gasteiger partial charge is 0.464 e. The Bertz CT molecular complexity index is 305. The first-order valence-corrected chi connectivity index (χ1v) is 5.31. The molecule has 0 spiro atoms. The third-order valence-corrected chi connectivity index (χ3v) is 2.62. The van der Waals surface area contributed by atoms with Crippen molar-refractivity contribution in [1.29, 1.82) is 0 Å². The van der Waals surface area contributed by atoms with Crippen molar-refractivity contribution in [3.8, 4) is 0 Å². The van der Waals surface area contributed by atoms with Gasteiger partial charge < -0.3 is 19.6 Å². The maximum atomic E-state index is 9.80. The van der Waals surface area contributed by atoms with Crippen LogP contribution >= 0.6 is 0 Å². The van der Waals surface area contributed by atoms with Gasteiger partial charge in [-0.25, -0.2) is 0 Å². The molecule has 1 aromatic rings. The molecule has 1 fully saturated rings. The zero-order valence-corrected chi connectivity index (χ0v) is 8.90. The van der Waals surface area contributed by atoms with Gasteiger partial charge in [-0.2, -0.15) is 0 Å². The Balaban J connectivity index is 1.79. The molecule has 84 valence electrons. The number of nitrogens with one attached hydrogen (secondary N) is 1. The molecule has 1 aromatic heterocycles. The highest BCUT2D eigenvalue weighted by molar-refractivity contribution is 5.08. The number of aliphatic hydroxyl groups is 1. The Labute approximate surface area is 89.2 Å². The molecule has 0 radical (unpaired) electrons. The monoisotopic (exact) mass is 211 g/mol. The smallest absolute Gasteiger partial charge is 0.133 e. The number of furan rings is 1. The second-order valence-electron chi connectivity index (χ2n) is 3.93.